The normalized spacial score (nSPS) is 12.0. The SMILES string of the molecule is CC(=O)NC(C(=O)NCc1cccnc1-n1cccn1)C(C)C. The first-order chi connectivity index (χ1) is 11.0. The maximum Gasteiger partial charge on any atom is 0.243 e. The van der Waals surface area contributed by atoms with E-state index in [1.807, 2.05) is 32.0 Å². The van der Waals surface area contributed by atoms with Crippen molar-refractivity contribution in [2.24, 2.45) is 5.92 Å². The number of rotatable bonds is 6. The molecular weight excluding hydrogens is 294 g/mol. The molecule has 23 heavy (non-hydrogen) atoms. The standard InChI is InChI=1S/C16H21N5O2/c1-11(2)14(20-12(3)22)16(23)18-10-13-6-4-7-17-15(13)21-9-5-8-19-21/h4-9,11,14H,10H2,1-3H3,(H,18,23)(H,20,22). The van der Waals surface area contributed by atoms with Crippen molar-refractivity contribution in [3.05, 3.63) is 42.4 Å². The molecule has 2 rings (SSSR count). The Balaban J connectivity index is 2.09. The van der Waals surface area contributed by atoms with Gasteiger partial charge in [-0.25, -0.2) is 9.67 Å². The molecule has 0 aliphatic rings. The van der Waals surface area contributed by atoms with Gasteiger partial charge in [-0.1, -0.05) is 19.9 Å². The van der Waals surface area contributed by atoms with Crippen molar-refractivity contribution in [1.29, 1.82) is 0 Å². The average Bonchev–Trinajstić information content (AvgIpc) is 3.04. The van der Waals surface area contributed by atoms with Gasteiger partial charge in [-0.15, -0.1) is 0 Å². The molecule has 0 aliphatic carbocycles. The van der Waals surface area contributed by atoms with E-state index in [9.17, 15) is 9.59 Å². The van der Waals surface area contributed by atoms with Gasteiger partial charge in [-0.2, -0.15) is 5.10 Å². The van der Waals surface area contributed by atoms with E-state index < -0.39 is 6.04 Å². The highest BCUT2D eigenvalue weighted by molar-refractivity contribution is 5.87. The largest absolute Gasteiger partial charge is 0.350 e. The first-order valence-corrected chi connectivity index (χ1v) is 7.47. The maximum atomic E-state index is 12.3. The topological polar surface area (TPSA) is 88.9 Å². The highest BCUT2D eigenvalue weighted by Gasteiger charge is 2.22. The number of nitrogens with one attached hydrogen (secondary N) is 2. The van der Waals surface area contributed by atoms with Crippen LogP contribution in [0.3, 0.4) is 0 Å². The molecule has 0 saturated heterocycles. The first-order valence-electron chi connectivity index (χ1n) is 7.47. The van der Waals surface area contributed by atoms with E-state index in [4.69, 9.17) is 0 Å². The summed E-state index contributed by atoms with van der Waals surface area (Å²) >= 11 is 0. The lowest BCUT2D eigenvalue weighted by molar-refractivity contribution is -0.129. The number of nitrogens with zero attached hydrogens (tertiary/aromatic N) is 3. The zero-order valence-electron chi connectivity index (χ0n) is 13.5. The van der Waals surface area contributed by atoms with Crippen LogP contribution in [0.25, 0.3) is 5.82 Å². The highest BCUT2D eigenvalue weighted by Crippen LogP contribution is 2.10. The average molecular weight is 315 g/mol. The fourth-order valence-corrected chi connectivity index (χ4v) is 2.21. The van der Waals surface area contributed by atoms with Crippen LogP contribution < -0.4 is 10.6 Å². The zero-order valence-corrected chi connectivity index (χ0v) is 13.5. The Morgan fingerprint density at radius 1 is 1.26 bits per heavy atom. The molecule has 0 aliphatic heterocycles. The maximum absolute atomic E-state index is 12.3. The lowest BCUT2D eigenvalue weighted by Crippen LogP contribution is -2.48. The van der Waals surface area contributed by atoms with Gasteiger partial charge >= 0.3 is 0 Å². The predicted octanol–water partition coefficient (Wildman–Crippen LogP) is 1.04. The van der Waals surface area contributed by atoms with E-state index in [0.29, 0.717) is 12.4 Å². The van der Waals surface area contributed by atoms with E-state index >= 15 is 0 Å². The third-order valence-corrected chi connectivity index (χ3v) is 3.35. The van der Waals surface area contributed by atoms with E-state index in [1.54, 1.807) is 23.3 Å². The number of amides is 2. The van der Waals surface area contributed by atoms with Gasteiger partial charge in [0, 0.05) is 37.6 Å². The monoisotopic (exact) mass is 315 g/mol. The number of hydrogen-bond acceptors (Lipinski definition) is 4. The smallest absolute Gasteiger partial charge is 0.243 e. The minimum absolute atomic E-state index is 0.00150. The van der Waals surface area contributed by atoms with Crippen molar-refractivity contribution in [2.45, 2.75) is 33.4 Å². The molecule has 0 saturated carbocycles. The van der Waals surface area contributed by atoms with Crippen molar-refractivity contribution in [3.8, 4) is 5.82 Å². The molecule has 1 atom stereocenters. The summed E-state index contributed by atoms with van der Waals surface area (Å²) < 4.78 is 1.65. The van der Waals surface area contributed by atoms with Gasteiger partial charge < -0.3 is 10.6 Å². The van der Waals surface area contributed by atoms with Gasteiger partial charge in [0.1, 0.15) is 6.04 Å². The summed E-state index contributed by atoms with van der Waals surface area (Å²) in [5.74, 6) is 0.222. The molecule has 7 heteroatoms. The summed E-state index contributed by atoms with van der Waals surface area (Å²) in [5.41, 5.74) is 0.842. The molecule has 0 aromatic carbocycles. The second-order valence-corrected chi connectivity index (χ2v) is 5.58. The Morgan fingerprint density at radius 2 is 2.04 bits per heavy atom. The number of carbonyl (C=O) groups is 2. The minimum Gasteiger partial charge on any atom is -0.350 e. The molecular formula is C16H21N5O2. The molecule has 0 spiro atoms. The number of aromatic nitrogens is 3. The van der Waals surface area contributed by atoms with E-state index in [2.05, 4.69) is 20.7 Å². The van der Waals surface area contributed by atoms with Crippen LogP contribution in [0.1, 0.15) is 26.3 Å². The van der Waals surface area contributed by atoms with Crippen LogP contribution >= 0.6 is 0 Å². The predicted molar refractivity (Wildman–Crippen MR) is 85.6 cm³/mol. The molecule has 122 valence electrons. The zero-order chi connectivity index (χ0) is 16.8. The Bertz CT molecular complexity index is 667. The van der Waals surface area contributed by atoms with Gasteiger partial charge in [0.2, 0.25) is 11.8 Å². The summed E-state index contributed by atoms with van der Waals surface area (Å²) in [5, 5.41) is 9.69. The summed E-state index contributed by atoms with van der Waals surface area (Å²) in [6.07, 6.45) is 5.14. The van der Waals surface area contributed by atoms with Crippen molar-refractivity contribution in [1.82, 2.24) is 25.4 Å². The lowest BCUT2D eigenvalue weighted by atomic mass is 10.0. The van der Waals surface area contributed by atoms with Gasteiger partial charge in [-0.05, 0) is 18.1 Å². The second kappa shape index (κ2) is 7.53. The van der Waals surface area contributed by atoms with E-state index in [0.717, 1.165) is 5.56 Å². The Labute approximate surface area is 135 Å². The molecule has 2 aromatic heterocycles. The van der Waals surface area contributed by atoms with Crippen molar-refractivity contribution >= 4 is 11.8 Å². The van der Waals surface area contributed by atoms with Crippen LogP contribution in [-0.2, 0) is 16.1 Å². The Kier molecular flexibility index (Phi) is 5.46. The van der Waals surface area contributed by atoms with Crippen LogP contribution in [0.5, 0.6) is 0 Å². The molecule has 0 fully saturated rings. The van der Waals surface area contributed by atoms with Crippen LogP contribution in [0.4, 0.5) is 0 Å². The molecule has 0 bridgehead atoms. The van der Waals surface area contributed by atoms with Crippen LogP contribution in [0.15, 0.2) is 36.8 Å². The van der Waals surface area contributed by atoms with Gasteiger partial charge in [0.15, 0.2) is 5.82 Å². The van der Waals surface area contributed by atoms with Crippen molar-refractivity contribution in [3.63, 3.8) is 0 Å². The summed E-state index contributed by atoms with van der Waals surface area (Å²) in [6, 6.07) is 4.94. The van der Waals surface area contributed by atoms with Gasteiger partial charge in [0.25, 0.3) is 0 Å². The molecule has 0 radical (unpaired) electrons. The summed E-state index contributed by atoms with van der Waals surface area (Å²) in [7, 11) is 0. The first kappa shape index (κ1) is 16.7. The fraction of sp³-hybridized carbons (Fsp3) is 0.375. The van der Waals surface area contributed by atoms with Crippen LogP contribution in [0.2, 0.25) is 0 Å². The Morgan fingerprint density at radius 3 is 2.65 bits per heavy atom. The summed E-state index contributed by atoms with van der Waals surface area (Å²) in [6.45, 7) is 5.49. The van der Waals surface area contributed by atoms with Gasteiger partial charge in [0.05, 0.1) is 0 Å². The van der Waals surface area contributed by atoms with Gasteiger partial charge in [-0.3, -0.25) is 9.59 Å². The third-order valence-electron chi connectivity index (χ3n) is 3.35. The van der Waals surface area contributed by atoms with Crippen LogP contribution in [-0.4, -0.2) is 32.6 Å². The summed E-state index contributed by atoms with van der Waals surface area (Å²) in [4.78, 5) is 27.9. The molecule has 1 unspecified atom stereocenters. The number of hydrogen-bond donors (Lipinski definition) is 2. The minimum atomic E-state index is -0.558. The molecule has 2 aromatic rings. The quantitative estimate of drug-likeness (QED) is 0.834. The molecule has 2 N–H and O–H groups in total. The fourth-order valence-electron chi connectivity index (χ4n) is 2.21. The second-order valence-electron chi connectivity index (χ2n) is 5.58. The highest BCUT2D eigenvalue weighted by atomic mass is 16.2. The van der Waals surface area contributed by atoms with Crippen LogP contribution in [0, 0.1) is 5.92 Å². The third kappa shape index (κ3) is 4.38. The van der Waals surface area contributed by atoms with E-state index in [-0.39, 0.29) is 17.7 Å². The molecule has 7 nitrogen and oxygen atoms in total. The van der Waals surface area contributed by atoms with Crippen molar-refractivity contribution in [2.75, 3.05) is 0 Å². The van der Waals surface area contributed by atoms with E-state index in [1.165, 1.54) is 6.92 Å². The molecule has 2 amide bonds. The number of carbonyl (C=O) groups excluding carboxylic acids is 2. The number of pyridine rings is 1. The Hall–Kier alpha value is -2.70. The molecule has 2 heterocycles. The lowest BCUT2D eigenvalue weighted by Gasteiger charge is -2.21. The van der Waals surface area contributed by atoms with Crippen molar-refractivity contribution < 1.29 is 9.59 Å².